The Balaban J connectivity index is 1.96. The molecule has 0 aromatic carbocycles. The van der Waals surface area contributed by atoms with Gasteiger partial charge < -0.3 is 9.80 Å². The summed E-state index contributed by atoms with van der Waals surface area (Å²) in [6, 6.07) is 0.645. The minimum Gasteiger partial charge on any atom is -0.353 e. The molecule has 0 bridgehead atoms. The molecule has 1 saturated heterocycles. The fourth-order valence-corrected chi connectivity index (χ4v) is 3.46. The molecule has 104 valence electrons. The number of nitrogens with zero attached hydrogens (tertiary/aromatic N) is 4. The zero-order valence-corrected chi connectivity index (χ0v) is 12.3. The molecule has 0 aliphatic carbocycles. The second kappa shape index (κ2) is 5.08. The molecule has 2 aliphatic heterocycles. The molecule has 0 unspecified atom stereocenters. The maximum absolute atomic E-state index is 4.63. The quantitative estimate of drug-likeness (QED) is 0.815. The standard InChI is InChI=1S/C15H24N4/c1-11(2)14-5-4-7-19(14)15-12-9-18(3)8-6-13(12)16-10-17-15/h10-11,14H,4-9H2,1-3H3/t14-/m0/s1. The molecule has 0 saturated carbocycles. The van der Waals surface area contributed by atoms with Crippen molar-refractivity contribution in [2.45, 2.75) is 45.7 Å². The first-order chi connectivity index (χ1) is 9.16. The van der Waals surface area contributed by atoms with E-state index in [-0.39, 0.29) is 0 Å². The Morgan fingerprint density at radius 2 is 2.11 bits per heavy atom. The third kappa shape index (κ3) is 2.34. The van der Waals surface area contributed by atoms with E-state index in [2.05, 4.69) is 40.7 Å². The molecule has 3 heterocycles. The summed E-state index contributed by atoms with van der Waals surface area (Å²) in [6.45, 7) is 7.89. The molecule has 0 N–H and O–H groups in total. The van der Waals surface area contributed by atoms with E-state index in [9.17, 15) is 0 Å². The number of likely N-dealkylation sites (N-methyl/N-ethyl adjacent to an activating group) is 1. The second-order valence-electron chi connectivity index (χ2n) is 6.26. The van der Waals surface area contributed by atoms with Crippen molar-refractivity contribution < 1.29 is 0 Å². The lowest BCUT2D eigenvalue weighted by Gasteiger charge is -2.33. The van der Waals surface area contributed by atoms with Gasteiger partial charge in [0.15, 0.2) is 0 Å². The van der Waals surface area contributed by atoms with Crippen LogP contribution in [0.25, 0.3) is 0 Å². The van der Waals surface area contributed by atoms with Crippen LogP contribution in [0.1, 0.15) is 37.9 Å². The normalized spacial score (nSPS) is 24.0. The van der Waals surface area contributed by atoms with Crippen molar-refractivity contribution in [3.63, 3.8) is 0 Å². The summed E-state index contributed by atoms with van der Waals surface area (Å²) in [5.41, 5.74) is 2.63. The minimum absolute atomic E-state index is 0.645. The first-order valence-corrected chi connectivity index (χ1v) is 7.44. The number of fused-ring (bicyclic) bond motifs is 1. The summed E-state index contributed by atoms with van der Waals surface area (Å²) in [6.07, 6.45) is 5.40. The lowest BCUT2D eigenvalue weighted by atomic mass is 10.0. The van der Waals surface area contributed by atoms with E-state index >= 15 is 0 Å². The van der Waals surface area contributed by atoms with Gasteiger partial charge in [-0.1, -0.05) is 13.8 Å². The van der Waals surface area contributed by atoms with Crippen LogP contribution in [-0.4, -0.2) is 41.0 Å². The Morgan fingerprint density at radius 1 is 1.26 bits per heavy atom. The van der Waals surface area contributed by atoms with Crippen LogP contribution < -0.4 is 4.90 Å². The van der Waals surface area contributed by atoms with Crippen molar-refractivity contribution in [2.24, 2.45) is 5.92 Å². The van der Waals surface area contributed by atoms with E-state index in [1.54, 1.807) is 6.33 Å². The largest absolute Gasteiger partial charge is 0.353 e. The maximum Gasteiger partial charge on any atom is 0.137 e. The van der Waals surface area contributed by atoms with Gasteiger partial charge in [0.1, 0.15) is 12.1 Å². The number of anilines is 1. The van der Waals surface area contributed by atoms with Crippen molar-refractivity contribution in [3.05, 3.63) is 17.6 Å². The summed E-state index contributed by atoms with van der Waals surface area (Å²) in [7, 11) is 2.18. The maximum atomic E-state index is 4.63. The highest BCUT2D eigenvalue weighted by molar-refractivity contribution is 5.51. The summed E-state index contributed by atoms with van der Waals surface area (Å²) >= 11 is 0. The molecule has 1 aromatic heterocycles. The molecule has 1 fully saturated rings. The fourth-order valence-electron chi connectivity index (χ4n) is 3.46. The minimum atomic E-state index is 0.645. The van der Waals surface area contributed by atoms with Crippen molar-refractivity contribution in [1.82, 2.24) is 14.9 Å². The lowest BCUT2D eigenvalue weighted by Crippen LogP contribution is -2.37. The van der Waals surface area contributed by atoms with Crippen molar-refractivity contribution in [1.29, 1.82) is 0 Å². The van der Waals surface area contributed by atoms with E-state index in [4.69, 9.17) is 0 Å². The smallest absolute Gasteiger partial charge is 0.137 e. The Labute approximate surface area is 115 Å². The van der Waals surface area contributed by atoms with Gasteiger partial charge in [0.2, 0.25) is 0 Å². The molecule has 4 heteroatoms. The van der Waals surface area contributed by atoms with E-state index < -0.39 is 0 Å². The highest BCUT2D eigenvalue weighted by atomic mass is 15.2. The lowest BCUT2D eigenvalue weighted by molar-refractivity contribution is 0.308. The van der Waals surface area contributed by atoms with E-state index in [1.165, 1.54) is 29.9 Å². The van der Waals surface area contributed by atoms with E-state index in [0.717, 1.165) is 26.1 Å². The number of hydrogen-bond donors (Lipinski definition) is 0. The second-order valence-corrected chi connectivity index (χ2v) is 6.26. The Hall–Kier alpha value is -1.16. The Morgan fingerprint density at radius 3 is 2.89 bits per heavy atom. The topological polar surface area (TPSA) is 32.3 Å². The zero-order valence-electron chi connectivity index (χ0n) is 12.3. The van der Waals surface area contributed by atoms with Crippen molar-refractivity contribution in [3.8, 4) is 0 Å². The average molecular weight is 260 g/mol. The molecule has 1 atom stereocenters. The van der Waals surface area contributed by atoms with Gasteiger partial charge in [0, 0.05) is 37.7 Å². The molecular formula is C15H24N4. The predicted octanol–water partition coefficient (Wildman–Crippen LogP) is 2.09. The van der Waals surface area contributed by atoms with Gasteiger partial charge >= 0.3 is 0 Å². The fraction of sp³-hybridized carbons (Fsp3) is 0.733. The summed E-state index contributed by atoms with van der Waals surface area (Å²) in [5, 5.41) is 0. The third-order valence-corrected chi connectivity index (χ3v) is 4.51. The highest BCUT2D eigenvalue weighted by Gasteiger charge is 2.31. The molecule has 4 nitrogen and oxygen atoms in total. The first-order valence-electron chi connectivity index (χ1n) is 7.44. The highest BCUT2D eigenvalue weighted by Crippen LogP contribution is 2.33. The van der Waals surface area contributed by atoms with Gasteiger partial charge in [-0.05, 0) is 25.8 Å². The van der Waals surface area contributed by atoms with E-state index in [1.807, 2.05) is 0 Å². The van der Waals surface area contributed by atoms with Crippen LogP contribution in [0.15, 0.2) is 6.33 Å². The number of hydrogen-bond acceptors (Lipinski definition) is 4. The van der Waals surface area contributed by atoms with Crippen LogP contribution in [0.4, 0.5) is 5.82 Å². The molecule has 1 aromatic rings. The van der Waals surface area contributed by atoms with E-state index in [0.29, 0.717) is 12.0 Å². The SMILES string of the molecule is CC(C)[C@@H]1CCCN1c1ncnc2c1CN(C)CC2. The van der Waals surface area contributed by atoms with Crippen molar-refractivity contribution >= 4 is 5.82 Å². The van der Waals surface area contributed by atoms with Crippen LogP contribution in [0.3, 0.4) is 0 Å². The summed E-state index contributed by atoms with van der Waals surface area (Å²) in [5.74, 6) is 1.89. The van der Waals surface area contributed by atoms with Gasteiger partial charge in [0.25, 0.3) is 0 Å². The molecule has 2 aliphatic rings. The van der Waals surface area contributed by atoms with Gasteiger partial charge in [0.05, 0.1) is 5.69 Å². The predicted molar refractivity (Wildman–Crippen MR) is 77.3 cm³/mol. The van der Waals surface area contributed by atoms with Crippen LogP contribution >= 0.6 is 0 Å². The average Bonchev–Trinajstić information content (AvgIpc) is 2.87. The Bertz CT molecular complexity index is 457. The third-order valence-electron chi connectivity index (χ3n) is 4.51. The van der Waals surface area contributed by atoms with Crippen LogP contribution in [-0.2, 0) is 13.0 Å². The van der Waals surface area contributed by atoms with Crippen LogP contribution in [0.5, 0.6) is 0 Å². The zero-order chi connectivity index (χ0) is 13.4. The summed E-state index contributed by atoms with van der Waals surface area (Å²) < 4.78 is 0. The van der Waals surface area contributed by atoms with Gasteiger partial charge in [-0.25, -0.2) is 9.97 Å². The van der Waals surface area contributed by atoms with Crippen LogP contribution in [0.2, 0.25) is 0 Å². The van der Waals surface area contributed by atoms with Gasteiger partial charge in [-0.15, -0.1) is 0 Å². The molecule has 19 heavy (non-hydrogen) atoms. The van der Waals surface area contributed by atoms with Gasteiger partial charge in [-0.2, -0.15) is 0 Å². The molecule has 0 spiro atoms. The number of rotatable bonds is 2. The molecule has 0 amide bonds. The Kier molecular flexibility index (Phi) is 3.44. The molecule has 3 rings (SSSR count). The van der Waals surface area contributed by atoms with Crippen LogP contribution in [0, 0.1) is 5.92 Å². The molecular weight excluding hydrogens is 236 g/mol. The first kappa shape index (κ1) is 12.9. The monoisotopic (exact) mass is 260 g/mol. The molecule has 0 radical (unpaired) electrons. The summed E-state index contributed by atoms with van der Waals surface area (Å²) in [4.78, 5) is 14.0. The van der Waals surface area contributed by atoms with Crippen molar-refractivity contribution in [2.75, 3.05) is 25.0 Å². The number of aromatic nitrogens is 2. The van der Waals surface area contributed by atoms with Gasteiger partial charge in [-0.3, -0.25) is 0 Å².